The van der Waals surface area contributed by atoms with Crippen LogP contribution in [0.15, 0.2) is 29.6 Å². The van der Waals surface area contributed by atoms with Crippen molar-refractivity contribution >= 4 is 50.5 Å². The third-order valence-corrected chi connectivity index (χ3v) is 5.55. The summed E-state index contributed by atoms with van der Waals surface area (Å²) in [7, 11) is 0. The van der Waals surface area contributed by atoms with Gasteiger partial charge in [-0.3, -0.25) is 4.79 Å². The molecule has 0 aliphatic heterocycles. The summed E-state index contributed by atoms with van der Waals surface area (Å²) in [6.07, 6.45) is 1.02. The van der Waals surface area contributed by atoms with E-state index in [-0.39, 0.29) is 5.78 Å². The number of nitrogens with zero attached hydrogens (tertiary/aromatic N) is 1. The standard InChI is InChI=1S/C17H15Cl2NOS/c1-3-8-20-10(2)14(11-7-9-22-17(11)20)16(21)12-5-4-6-13(18)15(12)19/h4-7,9H,3,8H2,1-2H3. The SMILES string of the molecule is CCCn1c(C)c(C(=O)c2cccc(Cl)c2Cl)c2ccsc21. The van der Waals surface area contributed by atoms with Gasteiger partial charge in [-0.25, -0.2) is 0 Å². The van der Waals surface area contributed by atoms with E-state index in [1.54, 1.807) is 29.5 Å². The third-order valence-electron chi connectivity index (χ3n) is 3.80. The molecule has 0 fully saturated rings. The van der Waals surface area contributed by atoms with Gasteiger partial charge in [-0.1, -0.05) is 36.2 Å². The van der Waals surface area contributed by atoms with Crippen molar-refractivity contribution in [3.8, 4) is 0 Å². The molecule has 3 aromatic rings. The Morgan fingerprint density at radius 2 is 2.05 bits per heavy atom. The highest BCUT2D eigenvalue weighted by Crippen LogP contribution is 2.34. The summed E-state index contributed by atoms with van der Waals surface area (Å²) in [6, 6.07) is 7.18. The van der Waals surface area contributed by atoms with Gasteiger partial charge in [0.25, 0.3) is 0 Å². The molecule has 0 amide bonds. The summed E-state index contributed by atoms with van der Waals surface area (Å²) in [4.78, 5) is 14.2. The first-order chi connectivity index (χ1) is 10.6. The first-order valence-electron chi connectivity index (χ1n) is 7.11. The minimum absolute atomic E-state index is 0.0664. The molecule has 22 heavy (non-hydrogen) atoms. The molecule has 0 saturated heterocycles. The molecule has 0 bridgehead atoms. The molecular formula is C17H15Cl2NOS. The Kier molecular flexibility index (Phi) is 4.31. The topological polar surface area (TPSA) is 22.0 Å². The number of hydrogen-bond acceptors (Lipinski definition) is 2. The van der Waals surface area contributed by atoms with Crippen LogP contribution in [0, 0.1) is 6.92 Å². The molecule has 2 nitrogen and oxygen atoms in total. The Hall–Kier alpha value is -1.29. The van der Waals surface area contributed by atoms with Crippen LogP contribution in [-0.4, -0.2) is 10.4 Å². The second-order valence-electron chi connectivity index (χ2n) is 5.18. The smallest absolute Gasteiger partial charge is 0.197 e. The van der Waals surface area contributed by atoms with Crippen LogP contribution >= 0.6 is 34.5 Å². The van der Waals surface area contributed by atoms with E-state index >= 15 is 0 Å². The number of fused-ring (bicyclic) bond motifs is 1. The molecule has 114 valence electrons. The lowest BCUT2D eigenvalue weighted by Gasteiger charge is -2.08. The van der Waals surface area contributed by atoms with Gasteiger partial charge < -0.3 is 4.57 Å². The van der Waals surface area contributed by atoms with E-state index in [2.05, 4.69) is 11.5 Å². The van der Waals surface area contributed by atoms with E-state index in [0.29, 0.717) is 15.6 Å². The maximum atomic E-state index is 13.0. The van der Waals surface area contributed by atoms with Gasteiger partial charge in [0, 0.05) is 23.2 Å². The molecular weight excluding hydrogens is 337 g/mol. The van der Waals surface area contributed by atoms with Gasteiger partial charge in [0.05, 0.1) is 15.6 Å². The van der Waals surface area contributed by atoms with E-state index in [9.17, 15) is 4.79 Å². The van der Waals surface area contributed by atoms with Crippen molar-refractivity contribution in [2.24, 2.45) is 0 Å². The summed E-state index contributed by atoms with van der Waals surface area (Å²) in [6.45, 7) is 5.03. The van der Waals surface area contributed by atoms with Crippen molar-refractivity contribution in [2.75, 3.05) is 0 Å². The Bertz CT molecular complexity index is 863. The summed E-state index contributed by atoms with van der Waals surface area (Å²) in [5, 5.41) is 3.74. The minimum atomic E-state index is -0.0664. The van der Waals surface area contributed by atoms with Gasteiger partial charge in [0.1, 0.15) is 4.83 Å². The van der Waals surface area contributed by atoms with Crippen LogP contribution in [0.1, 0.15) is 35.0 Å². The van der Waals surface area contributed by atoms with Crippen molar-refractivity contribution in [3.05, 3.63) is 56.5 Å². The minimum Gasteiger partial charge on any atom is -0.336 e. The number of aromatic nitrogens is 1. The molecule has 3 rings (SSSR count). The first-order valence-corrected chi connectivity index (χ1v) is 8.74. The lowest BCUT2D eigenvalue weighted by Crippen LogP contribution is -2.06. The van der Waals surface area contributed by atoms with E-state index in [0.717, 1.165) is 34.4 Å². The number of carbonyl (C=O) groups is 1. The molecule has 1 aromatic carbocycles. The summed E-state index contributed by atoms with van der Waals surface area (Å²) in [5.74, 6) is -0.0664. The summed E-state index contributed by atoms with van der Waals surface area (Å²) < 4.78 is 2.21. The van der Waals surface area contributed by atoms with Crippen molar-refractivity contribution in [2.45, 2.75) is 26.8 Å². The van der Waals surface area contributed by atoms with Gasteiger partial charge in [-0.05, 0) is 36.9 Å². The molecule has 0 unspecified atom stereocenters. The highest BCUT2D eigenvalue weighted by Gasteiger charge is 2.23. The van der Waals surface area contributed by atoms with Gasteiger partial charge >= 0.3 is 0 Å². The number of hydrogen-bond donors (Lipinski definition) is 0. The Morgan fingerprint density at radius 3 is 2.77 bits per heavy atom. The maximum absolute atomic E-state index is 13.0. The fourth-order valence-corrected chi connectivity index (χ4v) is 4.15. The van der Waals surface area contributed by atoms with Crippen LogP contribution in [0.4, 0.5) is 0 Å². The Morgan fingerprint density at radius 1 is 1.27 bits per heavy atom. The quantitative estimate of drug-likeness (QED) is 0.531. The van der Waals surface area contributed by atoms with Gasteiger partial charge in [0.15, 0.2) is 5.78 Å². The van der Waals surface area contributed by atoms with Crippen LogP contribution in [0.3, 0.4) is 0 Å². The number of thiophene rings is 1. The van der Waals surface area contributed by atoms with Crippen LogP contribution in [-0.2, 0) is 6.54 Å². The predicted octanol–water partition coefficient (Wildman–Crippen LogP) is 5.96. The van der Waals surface area contributed by atoms with E-state index < -0.39 is 0 Å². The molecule has 0 atom stereocenters. The molecule has 0 spiro atoms. The van der Waals surface area contributed by atoms with Gasteiger partial charge in [-0.2, -0.15) is 0 Å². The Labute approximate surface area is 143 Å². The zero-order chi connectivity index (χ0) is 15.9. The lowest BCUT2D eigenvalue weighted by atomic mass is 10.0. The van der Waals surface area contributed by atoms with E-state index in [1.165, 1.54) is 0 Å². The van der Waals surface area contributed by atoms with Crippen LogP contribution in [0.2, 0.25) is 10.0 Å². The fraction of sp³-hybridized carbons (Fsp3) is 0.235. The molecule has 5 heteroatoms. The first kappa shape index (κ1) is 15.6. The average molecular weight is 352 g/mol. The van der Waals surface area contributed by atoms with Gasteiger partial charge in [-0.15, -0.1) is 11.3 Å². The zero-order valence-corrected chi connectivity index (χ0v) is 14.6. The largest absolute Gasteiger partial charge is 0.336 e. The highest BCUT2D eigenvalue weighted by atomic mass is 35.5. The highest BCUT2D eigenvalue weighted by molar-refractivity contribution is 7.16. The normalized spacial score (nSPS) is 11.3. The van der Waals surface area contributed by atoms with Crippen molar-refractivity contribution in [1.82, 2.24) is 4.57 Å². The number of rotatable bonds is 4. The number of halogens is 2. The molecule has 0 N–H and O–H groups in total. The summed E-state index contributed by atoms with van der Waals surface area (Å²) >= 11 is 13.9. The van der Waals surface area contributed by atoms with Crippen LogP contribution in [0.25, 0.3) is 10.2 Å². The average Bonchev–Trinajstić information content (AvgIpc) is 3.04. The maximum Gasteiger partial charge on any atom is 0.197 e. The second kappa shape index (κ2) is 6.07. The fourth-order valence-electron chi connectivity index (χ4n) is 2.78. The molecule has 0 radical (unpaired) electrons. The number of aryl methyl sites for hydroxylation is 1. The Balaban J connectivity index is 2.21. The molecule has 2 heterocycles. The molecule has 0 aliphatic carbocycles. The van der Waals surface area contributed by atoms with Crippen LogP contribution < -0.4 is 0 Å². The van der Waals surface area contributed by atoms with Crippen molar-refractivity contribution < 1.29 is 4.79 Å². The number of ketones is 1. The monoisotopic (exact) mass is 351 g/mol. The van der Waals surface area contributed by atoms with E-state index in [1.807, 2.05) is 18.4 Å². The molecule has 0 saturated carbocycles. The third kappa shape index (κ3) is 2.37. The van der Waals surface area contributed by atoms with E-state index in [4.69, 9.17) is 23.2 Å². The number of carbonyl (C=O) groups excluding carboxylic acids is 1. The lowest BCUT2D eigenvalue weighted by molar-refractivity contribution is 0.103. The van der Waals surface area contributed by atoms with Crippen LogP contribution in [0.5, 0.6) is 0 Å². The second-order valence-corrected chi connectivity index (χ2v) is 6.86. The zero-order valence-electron chi connectivity index (χ0n) is 12.3. The molecule has 2 aromatic heterocycles. The molecule has 0 aliphatic rings. The predicted molar refractivity (Wildman–Crippen MR) is 94.7 cm³/mol. The number of benzene rings is 1. The van der Waals surface area contributed by atoms with Gasteiger partial charge in [0.2, 0.25) is 0 Å². The summed E-state index contributed by atoms with van der Waals surface area (Å²) in [5.41, 5.74) is 2.18. The van der Waals surface area contributed by atoms with Crippen molar-refractivity contribution in [1.29, 1.82) is 0 Å². The van der Waals surface area contributed by atoms with Crippen molar-refractivity contribution in [3.63, 3.8) is 0 Å².